The number of carboxylic acids is 1. The summed E-state index contributed by atoms with van der Waals surface area (Å²) >= 11 is 5.64. The molecule has 0 spiro atoms. The van der Waals surface area contributed by atoms with E-state index in [1.54, 1.807) is 10.6 Å². The first-order chi connectivity index (χ1) is 18.2. The van der Waals surface area contributed by atoms with Crippen molar-refractivity contribution in [3.8, 4) is 0 Å². The number of aromatic nitrogens is 1. The van der Waals surface area contributed by atoms with Crippen LogP contribution in [0.4, 0.5) is 10.1 Å². The molecule has 202 valence electrons. The highest BCUT2D eigenvalue weighted by Gasteiger charge is 2.54. The highest BCUT2D eigenvalue weighted by molar-refractivity contribution is 7.80. The van der Waals surface area contributed by atoms with Gasteiger partial charge in [0, 0.05) is 44.3 Å². The smallest absolute Gasteiger partial charge is 0.232 e. The van der Waals surface area contributed by atoms with Crippen LogP contribution < -0.4 is 20.8 Å². The number of rotatable bonds is 4. The van der Waals surface area contributed by atoms with E-state index in [0.717, 1.165) is 25.3 Å². The molecule has 7 rings (SSSR count). The number of amides is 1. The Balaban J connectivity index is 1.15. The molecule has 38 heavy (non-hydrogen) atoms. The number of fused-ring (bicyclic) bond motifs is 1. The first-order valence-corrected chi connectivity index (χ1v) is 14.0. The molecule has 0 atom stereocenters. The SMILES string of the molecule is CCn1cc(C(=O)[O-])c(=O)c2cc(F)c(N3CCN(C(=S)NC(=O)C45CC6CC(CC(C6)C4)C5)CC3)cc21. The Morgan fingerprint density at radius 2 is 1.68 bits per heavy atom. The van der Waals surface area contributed by atoms with Crippen molar-refractivity contribution in [3.05, 3.63) is 39.9 Å². The number of carbonyl (C=O) groups excluding carboxylic acids is 2. The molecule has 5 fully saturated rings. The molecule has 8 nitrogen and oxygen atoms in total. The third-order valence-corrected chi connectivity index (χ3v) is 9.72. The van der Waals surface area contributed by atoms with Gasteiger partial charge in [-0.1, -0.05) is 0 Å². The van der Waals surface area contributed by atoms with E-state index in [-0.39, 0.29) is 16.7 Å². The number of thiocarbonyl (C=S) groups is 1. The lowest BCUT2D eigenvalue weighted by Crippen LogP contribution is -2.58. The Kier molecular flexibility index (Phi) is 6.20. The zero-order chi connectivity index (χ0) is 26.8. The van der Waals surface area contributed by atoms with Gasteiger partial charge in [-0.2, -0.15) is 0 Å². The molecular formula is C28H32FN4O4S-. The van der Waals surface area contributed by atoms with Gasteiger partial charge >= 0.3 is 0 Å². The fourth-order valence-corrected chi connectivity index (χ4v) is 8.17. The first kappa shape index (κ1) is 25.3. The van der Waals surface area contributed by atoms with Gasteiger partial charge in [-0.05, 0) is 87.6 Å². The second kappa shape index (κ2) is 9.32. The molecule has 1 aromatic carbocycles. The maximum Gasteiger partial charge on any atom is 0.232 e. The molecule has 0 unspecified atom stereocenters. The van der Waals surface area contributed by atoms with E-state index in [1.807, 2.05) is 16.7 Å². The van der Waals surface area contributed by atoms with Crippen molar-refractivity contribution in [1.82, 2.24) is 14.8 Å². The standard InChI is InChI=1S/C28H33FN4O4S/c1-2-31-15-20(25(35)36)24(34)19-10-21(29)23(11-22(19)31)32-3-5-33(6-4-32)27(38)30-26(37)28-12-16-7-17(13-28)9-18(8-16)14-28/h10-11,15-18H,2-9,12-14H2,1H3,(H,35,36)(H,30,37,38)/p-1. The monoisotopic (exact) mass is 539 g/mol. The van der Waals surface area contributed by atoms with Crippen molar-refractivity contribution in [1.29, 1.82) is 0 Å². The number of hydrogen-bond donors (Lipinski definition) is 1. The van der Waals surface area contributed by atoms with Crippen LogP contribution in [-0.2, 0) is 11.3 Å². The third-order valence-electron chi connectivity index (χ3n) is 9.36. The zero-order valence-electron chi connectivity index (χ0n) is 21.5. The number of carbonyl (C=O) groups is 2. The lowest BCUT2D eigenvalue weighted by atomic mass is 9.49. The zero-order valence-corrected chi connectivity index (χ0v) is 22.3. The van der Waals surface area contributed by atoms with E-state index in [2.05, 4.69) is 5.32 Å². The Morgan fingerprint density at radius 1 is 1.08 bits per heavy atom. The number of aryl methyl sites for hydroxylation is 1. The first-order valence-electron chi connectivity index (χ1n) is 13.6. The van der Waals surface area contributed by atoms with Gasteiger partial charge in [-0.25, -0.2) is 4.39 Å². The average molecular weight is 540 g/mol. The van der Waals surface area contributed by atoms with Crippen molar-refractivity contribution in [2.45, 2.75) is 52.0 Å². The number of nitrogens with one attached hydrogen (secondary N) is 1. The Hall–Kier alpha value is -3.01. The molecule has 1 N–H and O–H groups in total. The number of hydrogen-bond acceptors (Lipinski definition) is 6. The van der Waals surface area contributed by atoms with Crippen LogP contribution in [0.1, 0.15) is 55.8 Å². The third kappa shape index (κ3) is 4.17. The van der Waals surface area contributed by atoms with Crippen molar-refractivity contribution < 1.29 is 19.1 Å². The second-order valence-electron chi connectivity index (χ2n) is 11.7. The summed E-state index contributed by atoms with van der Waals surface area (Å²) < 4.78 is 16.8. The van der Waals surface area contributed by atoms with Gasteiger partial charge in [0.1, 0.15) is 5.82 Å². The lowest BCUT2D eigenvalue weighted by molar-refractivity contribution is -0.255. The minimum Gasteiger partial charge on any atom is -0.545 e. The number of piperazine rings is 1. The minimum atomic E-state index is -1.58. The number of nitrogens with zero attached hydrogens (tertiary/aromatic N) is 3. The molecule has 5 aliphatic rings. The summed E-state index contributed by atoms with van der Waals surface area (Å²) in [6.07, 6.45) is 8.02. The Labute approximate surface area is 225 Å². The number of anilines is 1. The van der Waals surface area contributed by atoms with Crippen LogP contribution >= 0.6 is 12.2 Å². The molecule has 4 aliphatic carbocycles. The summed E-state index contributed by atoms with van der Waals surface area (Å²) in [7, 11) is 0. The maximum atomic E-state index is 15.2. The number of aromatic carboxylic acids is 1. The molecule has 2 aromatic rings. The van der Waals surface area contributed by atoms with Crippen LogP contribution in [0.5, 0.6) is 0 Å². The molecule has 4 saturated carbocycles. The van der Waals surface area contributed by atoms with Gasteiger partial charge < -0.3 is 29.6 Å². The van der Waals surface area contributed by atoms with Gasteiger partial charge in [-0.15, -0.1) is 0 Å². The summed E-state index contributed by atoms with van der Waals surface area (Å²) in [5.41, 5.74) is -0.673. The van der Waals surface area contributed by atoms with Gasteiger partial charge in [0.25, 0.3) is 0 Å². The molecule has 1 aliphatic heterocycles. The van der Waals surface area contributed by atoms with Crippen LogP contribution in [0.15, 0.2) is 23.1 Å². The lowest BCUT2D eigenvalue weighted by Gasteiger charge is -2.55. The summed E-state index contributed by atoms with van der Waals surface area (Å²) in [5.74, 6) is -0.0461. The number of benzene rings is 1. The average Bonchev–Trinajstić information content (AvgIpc) is 2.88. The number of carboxylic acid groups (broad SMARTS) is 1. The molecule has 1 aromatic heterocycles. The van der Waals surface area contributed by atoms with Gasteiger partial charge in [0.15, 0.2) is 10.5 Å². The highest BCUT2D eigenvalue weighted by atomic mass is 32.1. The molecule has 1 saturated heterocycles. The van der Waals surface area contributed by atoms with Crippen molar-refractivity contribution in [2.24, 2.45) is 23.2 Å². The fraction of sp³-hybridized carbons (Fsp3) is 0.571. The minimum absolute atomic E-state index is 0.0157. The molecule has 0 radical (unpaired) electrons. The normalized spacial score (nSPS) is 28.1. The van der Waals surface area contributed by atoms with E-state index in [4.69, 9.17) is 12.2 Å². The number of pyridine rings is 1. The molecule has 2 heterocycles. The van der Waals surface area contributed by atoms with Crippen molar-refractivity contribution in [2.75, 3.05) is 31.1 Å². The van der Waals surface area contributed by atoms with Gasteiger partial charge in [0.2, 0.25) is 5.91 Å². The predicted octanol–water partition coefficient (Wildman–Crippen LogP) is 2.26. The van der Waals surface area contributed by atoms with Crippen LogP contribution in [0.3, 0.4) is 0 Å². The van der Waals surface area contributed by atoms with E-state index < -0.39 is 22.8 Å². The van der Waals surface area contributed by atoms with Gasteiger partial charge in [-0.3, -0.25) is 9.59 Å². The Morgan fingerprint density at radius 3 is 2.24 bits per heavy atom. The fourth-order valence-electron chi connectivity index (χ4n) is 7.90. The van der Waals surface area contributed by atoms with Gasteiger partial charge in [0.05, 0.1) is 28.2 Å². The number of halogens is 1. The molecule has 4 bridgehead atoms. The molecule has 1 amide bonds. The van der Waals surface area contributed by atoms with Crippen molar-refractivity contribution in [3.63, 3.8) is 0 Å². The van der Waals surface area contributed by atoms with Crippen molar-refractivity contribution >= 4 is 45.8 Å². The molecular weight excluding hydrogens is 507 g/mol. The van der Waals surface area contributed by atoms with E-state index >= 15 is 4.39 Å². The Bertz CT molecular complexity index is 1360. The predicted molar refractivity (Wildman–Crippen MR) is 143 cm³/mol. The summed E-state index contributed by atoms with van der Waals surface area (Å²) in [4.78, 5) is 41.3. The summed E-state index contributed by atoms with van der Waals surface area (Å²) in [6, 6.07) is 2.73. The molecule has 10 heteroatoms. The summed E-state index contributed by atoms with van der Waals surface area (Å²) in [6.45, 7) is 4.27. The van der Waals surface area contributed by atoms with Crippen LogP contribution in [0.25, 0.3) is 10.9 Å². The van der Waals surface area contributed by atoms with Crippen LogP contribution in [0, 0.1) is 29.0 Å². The quantitative estimate of drug-likeness (QED) is 0.596. The van der Waals surface area contributed by atoms with E-state index in [9.17, 15) is 19.5 Å². The largest absolute Gasteiger partial charge is 0.545 e. The topological polar surface area (TPSA) is 97.7 Å². The van der Waals surface area contributed by atoms with Crippen LogP contribution in [0.2, 0.25) is 0 Å². The highest BCUT2D eigenvalue weighted by Crippen LogP contribution is 2.60. The van der Waals surface area contributed by atoms with E-state index in [0.29, 0.717) is 66.8 Å². The maximum absolute atomic E-state index is 15.2. The summed E-state index contributed by atoms with van der Waals surface area (Å²) in [5, 5.41) is 14.9. The second-order valence-corrected chi connectivity index (χ2v) is 12.1. The van der Waals surface area contributed by atoms with E-state index in [1.165, 1.54) is 25.5 Å². The van der Waals surface area contributed by atoms with Crippen LogP contribution in [-0.4, -0.2) is 52.6 Å².